The van der Waals surface area contributed by atoms with Gasteiger partial charge < -0.3 is 4.42 Å². The molecular formula is C13H5F3O4S. The predicted octanol–water partition coefficient (Wildman–Crippen LogP) is 2.68. The summed E-state index contributed by atoms with van der Waals surface area (Å²) >= 11 is 0. The van der Waals surface area contributed by atoms with Gasteiger partial charge in [-0.3, -0.25) is 9.59 Å². The van der Waals surface area contributed by atoms with Crippen molar-refractivity contribution in [3.63, 3.8) is 0 Å². The molecule has 108 valence electrons. The average Bonchev–Trinajstić information content (AvgIpc) is 2.88. The molecule has 1 atom stereocenters. The molecule has 2 aromatic rings. The maximum Gasteiger partial charge on any atom is 0.478 e. The van der Waals surface area contributed by atoms with Crippen LogP contribution in [0.3, 0.4) is 0 Å². The molecule has 1 aliphatic rings. The van der Waals surface area contributed by atoms with Crippen LogP contribution in [0.4, 0.5) is 13.2 Å². The fourth-order valence-corrected chi connectivity index (χ4v) is 2.67. The van der Waals surface area contributed by atoms with Crippen LogP contribution in [0.1, 0.15) is 32.0 Å². The summed E-state index contributed by atoms with van der Waals surface area (Å²) < 4.78 is 53.3. The van der Waals surface area contributed by atoms with Gasteiger partial charge in [-0.2, -0.15) is 13.2 Å². The lowest BCUT2D eigenvalue weighted by Crippen LogP contribution is -2.18. The van der Waals surface area contributed by atoms with Crippen molar-refractivity contribution in [2.45, 2.75) is 10.6 Å². The molecule has 21 heavy (non-hydrogen) atoms. The van der Waals surface area contributed by atoms with Crippen molar-refractivity contribution >= 4 is 22.4 Å². The van der Waals surface area contributed by atoms with E-state index >= 15 is 0 Å². The molecule has 0 aliphatic heterocycles. The molecule has 0 saturated heterocycles. The second-order valence-electron chi connectivity index (χ2n) is 4.23. The molecule has 1 unspecified atom stereocenters. The molecule has 0 radical (unpaired) electrons. The van der Waals surface area contributed by atoms with E-state index in [0.717, 1.165) is 6.07 Å². The van der Waals surface area contributed by atoms with Crippen molar-refractivity contribution in [2.75, 3.05) is 0 Å². The molecule has 0 N–H and O–H groups in total. The van der Waals surface area contributed by atoms with E-state index in [1.807, 2.05) is 0 Å². The molecule has 0 bridgehead atoms. The van der Waals surface area contributed by atoms with Gasteiger partial charge in [-0.05, 0) is 0 Å². The minimum Gasteiger partial charge on any atom is -0.443 e. The van der Waals surface area contributed by atoms with Gasteiger partial charge in [0.2, 0.25) is 10.9 Å². The van der Waals surface area contributed by atoms with Gasteiger partial charge in [0.15, 0.2) is 22.3 Å². The van der Waals surface area contributed by atoms with E-state index in [1.54, 1.807) is 0 Å². The summed E-state index contributed by atoms with van der Waals surface area (Å²) in [5.74, 6) is -1.84. The van der Waals surface area contributed by atoms with Gasteiger partial charge in [0.05, 0.1) is 5.56 Å². The van der Waals surface area contributed by atoms with E-state index in [9.17, 15) is 27.0 Å². The van der Waals surface area contributed by atoms with Crippen molar-refractivity contribution in [3.8, 4) is 0 Å². The van der Waals surface area contributed by atoms with Gasteiger partial charge in [-0.1, -0.05) is 24.3 Å². The number of rotatable bonds is 1. The highest BCUT2D eigenvalue weighted by Gasteiger charge is 2.42. The molecular weight excluding hydrogens is 309 g/mol. The molecule has 0 amide bonds. The van der Waals surface area contributed by atoms with Gasteiger partial charge in [0.25, 0.3) is 0 Å². The number of furan rings is 1. The number of carbonyl (C=O) groups is 2. The SMILES string of the molecule is O=C1c2ccccc2C(=O)c2oc(S(=O)C(F)(F)F)cc21. The second kappa shape index (κ2) is 4.39. The van der Waals surface area contributed by atoms with Gasteiger partial charge in [-0.15, -0.1) is 0 Å². The maximum absolute atomic E-state index is 12.4. The average molecular weight is 314 g/mol. The molecule has 8 heteroatoms. The van der Waals surface area contributed by atoms with Crippen LogP contribution < -0.4 is 0 Å². The Morgan fingerprint density at radius 1 is 0.952 bits per heavy atom. The number of fused-ring (bicyclic) bond motifs is 2. The van der Waals surface area contributed by atoms with Crippen molar-refractivity contribution in [2.24, 2.45) is 0 Å². The third-order valence-corrected chi connectivity index (χ3v) is 3.96. The lowest BCUT2D eigenvalue weighted by Gasteiger charge is -2.11. The number of hydrogen-bond acceptors (Lipinski definition) is 4. The summed E-state index contributed by atoms with van der Waals surface area (Å²) in [6.45, 7) is 0. The Morgan fingerprint density at radius 3 is 2.10 bits per heavy atom. The largest absolute Gasteiger partial charge is 0.478 e. The van der Waals surface area contributed by atoms with Gasteiger partial charge in [-0.25, -0.2) is 4.21 Å². The Hall–Kier alpha value is -2.22. The first-order valence-electron chi connectivity index (χ1n) is 5.61. The highest BCUT2D eigenvalue weighted by molar-refractivity contribution is 7.85. The van der Waals surface area contributed by atoms with Crippen LogP contribution in [0.2, 0.25) is 0 Å². The summed E-state index contributed by atoms with van der Waals surface area (Å²) in [4.78, 5) is 24.3. The first kappa shape index (κ1) is 13.7. The Morgan fingerprint density at radius 2 is 1.52 bits per heavy atom. The van der Waals surface area contributed by atoms with E-state index in [1.165, 1.54) is 24.3 Å². The van der Waals surface area contributed by atoms with Crippen LogP contribution in [0.15, 0.2) is 39.8 Å². The number of ketones is 2. The number of halogens is 3. The van der Waals surface area contributed by atoms with E-state index in [-0.39, 0.29) is 16.7 Å². The third kappa shape index (κ3) is 2.02. The van der Waals surface area contributed by atoms with Crippen LogP contribution >= 0.6 is 0 Å². The third-order valence-electron chi connectivity index (χ3n) is 2.97. The molecule has 0 spiro atoms. The van der Waals surface area contributed by atoms with Crippen molar-refractivity contribution in [1.82, 2.24) is 0 Å². The zero-order valence-electron chi connectivity index (χ0n) is 10.1. The number of alkyl halides is 3. The first-order chi connectivity index (χ1) is 9.80. The maximum atomic E-state index is 12.4. The first-order valence-corrected chi connectivity index (χ1v) is 6.76. The van der Waals surface area contributed by atoms with Crippen molar-refractivity contribution in [3.05, 3.63) is 52.8 Å². The zero-order chi connectivity index (χ0) is 15.4. The minimum absolute atomic E-state index is 0.0497. The van der Waals surface area contributed by atoms with E-state index in [0.29, 0.717) is 0 Å². The van der Waals surface area contributed by atoms with E-state index in [4.69, 9.17) is 4.42 Å². The normalized spacial score (nSPS) is 15.6. The molecule has 1 aliphatic carbocycles. The van der Waals surface area contributed by atoms with Gasteiger partial charge in [0, 0.05) is 17.2 Å². The summed E-state index contributed by atoms with van der Waals surface area (Å²) in [6, 6.07) is 6.54. The number of hydrogen-bond donors (Lipinski definition) is 0. The molecule has 0 saturated carbocycles. The van der Waals surface area contributed by atoms with E-state index < -0.39 is 38.7 Å². The van der Waals surface area contributed by atoms with E-state index in [2.05, 4.69) is 0 Å². The van der Waals surface area contributed by atoms with Crippen molar-refractivity contribution in [1.29, 1.82) is 0 Å². The number of benzene rings is 1. The Kier molecular flexibility index (Phi) is 2.87. The van der Waals surface area contributed by atoms with Crippen LogP contribution in [0, 0.1) is 0 Å². The highest BCUT2D eigenvalue weighted by atomic mass is 32.2. The fraction of sp³-hybridized carbons (Fsp3) is 0.0769. The van der Waals surface area contributed by atoms with Gasteiger partial charge >= 0.3 is 5.51 Å². The molecule has 3 rings (SSSR count). The smallest absolute Gasteiger partial charge is 0.443 e. The highest BCUT2D eigenvalue weighted by Crippen LogP contribution is 2.34. The van der Waals surface area contributed by atoms with Crippen LogP contribution in [0.25, 0.3) is 0 Å². The quantitative estimate of drug-likeness (QED) is 0.693. The Balaban J connectivity index is 2.16. The molecule has 4 nitrogen and oxygen atoms in total. The monoisotopic (exact) mass is 314 g/mol. The summed E-state index contributed by atoms with van der Waals surface area (Å²) in [7, 11) is -3.43. The summed E-state index contributed by atoms with van der Waals surface area (Å²) in [6.07, 6.45) is 0. The molecule has 1 heterocycles. The topological polar surface area (TPSA) is 64.3 Å². The Labute approximate surface area is 118 Å². The number of carbonyl (C=O) groups excluding carboxylic acids is 2. The van der Waals surface area contributed by atoms with Crippen molar-refractivity contribution < 1.29 is 31.4 Å². The molecule has 1 aromatic carbocycles. The lowest BCUT2D eigenvalue weighted by molar-refractivity contribution is -0.0393. The standard InChI is InChI=1S/C13H5F3O4S/c14-13(15,16)21(19)9-5-8-10(17)6-3-1-2-4-7(6)11(18)12(8)20-9/h1-5H. The van der Waals surface area contributed by atoms with Crippen LogP contribution in [0.5, 0.6) is 0 Å². The summed E-state index contributed by atoms with van der Waals surface area (Å²) in [5.41, 5.74) is -5.19. The van der Waals surface area contributed by atoms with Gasteiger partial charge in [0.1, 0.15) is 0 Å². The molecule has 1 aromatic heterocycles. The second-order valence-corrected chi connectivity index (χ2v) is 5.63. The summed E-state index contributed by atoms with van der Waals surface area (Å²) in [5, 5.41) is -0.956. The predicted molar refractivity (Wildman–Crippen MR) is 64.5 cm³/mol. The molecule has 0 fully saturated rings. The van der Waals surface area contributed by atoms with Crippen LogP contribution in [-0.2, 0) is 10.8 Å². The Bertz CT molecular complexity index is 751. The zero-order valence-corrected chi connectivity index (χ0v) is 10.9. The lowest BCUT2D eigenvalue weighted by atomic mass is 9.89. The minimum atomic E-state index is -5.03. The fourth-order valence-electron chi connectivity index (χ4n) is 2.06. The van der Waals surface area contributed by atoms with Crippen LogP contribution in [-0.4, -0.2) is 21.3 Å².